The third-order valence-corrected chi connectivity index (χ3v) is 5.57. The lowest BCUT2D eigenvalue weighted by Gasteiger charge is -2.06. The molecule has 0 fully saturated rings. The lowest BCUT2D eigenvalue weighted by atomic mass is 10.2. The molecule has 2 rings (SSSR count). The van der Waals surface area contributed by atoms with E-state index in [-0.39, 0.29) is 0 Å². The molecule has 0 spiro atoms. The van der Waals surface area contributed by atoms with Crippen LogP contribution < -0.4 is 5.32 Å². The van der Waals surface area contributed by atoms with Crippen LogP contribution in [-0.2, 0) is 17.0 Å². The summed E-state index contributed by atoms with van der Waals surface area (Å²) in [5, 5.41) is 3.37. The van der Waals surface area contributed by atoms with Crippen LogP contribution in [0.15, 0.2) is 45.1 Å². The molecule has 0 aliphatic heterocycles. The van der Waals surface area contributed by atoms with Gasteiger partial charge >= 0.3 is 0 Å². The predicted octanol–water partition coefficient (Wildman–Crippen LogP) is 4.54. The van der Waals surface area contributed by atoms with Gasteiger partial charge in [0.1, 0.15) is 0 Å². The average molecular weight is 372 g/mol. The molecule has 2 nitrogen and oxygen atoms in total. The van der Waals surface area contributed by atoms with Crippen LogP contribution in [0.3, 0.4) is 0 Å². The van der Waals surface area contributed by atoms with Crippen LogP contribution in [0.2, 0.25) is 0 Å². The molecule has 1 aromatic heterocycles. The van der Waals surface area contributed by atoms with Gasteiger partial charge in [-0.3, -0.25) is 0 Å². The van der Waals surface area contributed by atoms with Crippen LogP contribution in [0, 0.1) is 0 Å². The second-order valence-corrected chi connectivity index (χ2v) is 7.91. The van der Waals surface area contributed by atoms with Gasteiger partial charge in [-0.05, 0) is 45.8 Å². The Morgan fingerprint density at radius 1 is 1.30 bits per heavy atom. The highest BCUT2D eigenvalue weighted by Crippen LogP contribution is 2.29. The highest BCUT2D eigenvalue weighted by Gasteiger charge is 2.01. The van der Waals surface area contributed by atoms with Crippen LogP contribution in [0.25, 0.3) is 0 Å². The fourth-order valence-electron chi connectivity index (χ4n) is 1.74. The van der Waals surface area contributed by atoms with E-state index in [1.165, 1.54) is 19.1 Å². The monoisotopic (exact) mass is 371 g/mol. The van der Waals surface area contributed by atoms with Crippen LogP contribution in [-0.4, -0.2) is 20.3 Å². The number of thiophene rings is 1. The lowest BCUT2D eigenvalue weighted by molar-refractivity contribution is 0.199. The Morgan fingerprint density at radius 2 is 2.20 bits per heavy atom. The van der Waals surface area contributed by atoms with Gasteiger partial charge in [-0.2, -0.15) is 0 Å². The van der Waals surface area contributed by atoms with Gasteiger partial charge in [0.15, 0.2) is 0 Å². The van der Waals surface area contributed by atoms with Crippen molar-refractivity contribution >= 4 is 39.0 Å². The molecule has 0 bridgehead atoms. The third kappa shape index (κ3) is 5.58. The zero-order valence-corrected chi connectivity index (χ0v) is 14.6. The molecule has 0 unspecified atom stereocenters. The summed E-state index contributed by atoms with van der Waals surface area (Å²) in [4.78, 5) is 2.71. The fourth-order valence-corrected chi connectivity index (χ4v) is 4.24. The first-order chi connectivity index (χ1) is 9.78. The van der Waals surface area contributed by atoms with Crippen molar-refractivity contribution in [3.05, 3.63) is 50.6 Å². The molecular weight excluding hydrogens is 354 g/mol. The molecule has 0 amide bonds. The summed E-state index contributed by atoms with van der Waals surface area (Å²) >= 11 is 7.18. The highest BCUT2D eigenvalue weighted by atomic mass is 79.9. The zero-order chi connectivity index (χ0) is 14.2. The van der Waals surface area contributed by atoms with Gasteiger partial charge in [-0.25, -0.2) is 0 Å². The van der Waals surface area contributed by atoms with Gasteiger partial charge in [0.05, 0.1) is 10.4 Å². The lowest BCUT2D eigenvalue weighted by Crippen LogP contribution is -2.18. The Morgan fingerprint density at radius 3 is 2.95 bits per heavy atom. The summed E-state index contributed by atoms with van der Waals surface area (Å²) in [7, 11) is 1.72. The van der Waals surface area contributed by atoms with Crippen molar-refractivity contribution in [2.75, 3.05) is 20.3 Å². The van der Waals surface area contributed by atoms with E-state index in [9.17, 15) is 0 Å². The molecule has 2 aromatic rings. The molecule has 1 N–H and O–H groups in total. The molecule has 0 radical (unpaired) electrons. The van der Waals surface area contributed by atoms with Crippen molar-refractivity contribution in [1.29, 1.82) is 0 Å². The number of hydrogen-bond acceptors (Lipinski definition) is 4. The van der Waals surface area contributed by atoms with Gasteiger partial charge in [0.2, 0.25) is 0 Å². The van der Waals surface area contributed by atoms with E-state index in [1.54, 1.807) is 18.4 Å². The SMILES string of the molecule is COCCNCc1cccc(SCc2ccc(Br)s2)c1. The topological polar surface area (TPSA) is 21.3 Å². The van der Waals surface area contributed by atoms with Crippen molar-refractivity contribution in [1.82, 2.24) is 5.32 Å². The number of halogens is 1. The second kappa shape index (κ2) is 8.85. The summed E-state index contributed by atoms with van der Waals surface area (Å²) in [6.45, 7) is 2.53. The molecule has 0 saturated heterocycles. The third-order valence-electron chi connectivity index (χ3n) is 2.72. The number of thioether (sulfide) groups is 1. The predicted molar refractivity (Wildman–Crippen MR) is 91.6 cm³/mol. The first kappa shape index (κ1) is 16.0. The highest BCUT2D eigenvalue weighted by molar-refractivity contribution is 9.11. The van der Waals surface area contributed by atoms with Gasteiger partial charge in [-0.1, -0.05) is 12.1 Å². The molecule has 0 saturated carbocycles. The van der Waals surface area contributed by atoms with E-state index in [4.69, 9.17) is 4.74 Å². The van der Waals surface area contributed by atoms with E-state index >= 15 is 0 Å². The zero-order valence-electron chi connectivity index (χ0n) is 11.4. The number of ether oxygens (including phenoxy) is 1. The van der Waals surface area contributed by atoms with Crippen molar-refractivity contribution in [2.24, 2.45) is 0 Å². The van der Waals surface area contributed by atoms with Crippen molar-refractivity contribution < 1.29 is 4.74 Å². The number of nitrogens with one attached hydrogen (secondary N) is 1. The van der Waals surface area contributed by atoms with E-state index in [2.05, 4.69) is 57.6 Å². The Balaban J connectivity index is 1.82. The molecule has 20 heavy (non-hydrogen) atoms. The van der Waals surface area contributed by atoms with E-state index in [1.807, 2.05) is 11.8 Å². The standard InChI is InChI=1S/C15H18BrNOS2/c1-18-8-7-17-10-12-3-2-4-13(9-12)19-11-14-5-6-15(16)20-14/h2-6,9,17H,7-8,10-11H2,1H3. The molecule has 0 aliphatic rings. The minimum atomic E-state index is 0.752. The minimum Gasteiger partial charge on any atom is -0.383 e. The summed E-state index contributed by atoms with van der Waals surface area (Å²) in [5.41, 5.74) is 1.32. The largest absolute Gasteiger partial charge is 0.383 e. The van der Waals surface area contributed by atoms with Crippen molar-refractivity contribution in [3.8, 4) is 0 Å². The van der Waals surface area contributed by atoms with Crippen LogP contribution >= 0.6 is 39.0 Å². The molecular formula is C15H18BrNOS2. The van der Waals surface area contributed by atoms with Crippen LogP contribution in [0.5, 0.6) is 0 Å². The van der Waals surface area contributed by atoms with Crippen LogP contribution in [0.1, 0.15) is 10.4 Å². The summed E-state index contributed by atoms with van der Waals surface area (Å²) < 4.78 is 6.22. The van der Waals surface area contributed by atoms with E-state index in [0.29, 0.717) is 0 Å². The number of benzene rings is 1. The average Bonchev–Trinajstić information content (AvgIpc) is 2.88. The number of rotatable bonds is 8. The smallest absolute Gasteiger partial charge is 0.0701 e. The number of methoxy groups -OCH3 is 1. The number of hydrogen-bond donors (Lipinski definition) is 1. The molecule has 0 aliphatic carbocycles. The second-order valence-electron chi connectivity index (χ2n) is 4.31. The Labute approximate surface area is 137 Å². The van der Waals surface area contributed by atoms with Gasteiger partial charge in [-0.15, -0.1) is 23.1 Å². The van der Waals surface area contributed by atoms with E-state index in [0.717, 1.165) is 25.4 Å². The first-order valence-corrected chi connectivity index (χ1v) is 9.03. The van der Waals surface area contributed by atoms with Crippen molar-refractivity contribution in [2.45, 2.75) is 17.2 Å². The van der Waals surface area contributed by atoms with Gasteiger partial charge < -0.3 is 10.1 Å². The maximum Gasteiger partial charge on any atom is 0.0701 e. The Bertz CT molecular complexity index is 530. The molecule has 1 heterocycles. The van der Waals surface area contributed by atoms with Gasteiger partial charge in [0.25, 0.3) is 0 Å². The first-order valence-electron chi connectivity index (χ1n) is 6.43. The summed E-state index contributed by atoms with van der Waals surface area (Å²) in [6.07, 6.45) is 0. The van der Waals surface area contributed by atoms with Crippen LogP contribution in [0.4, 0.5) is 0 Å². The normalized spacial score (nSPS) is 10.9. The Hall–Kier alpha value is -0.330. The summed E-state index contributed by atoms with van der Waals surface area (Å²) in [5.74, 6) is 1.02. The van der Waals surface area contributed by atoms with E-state index < -0.39 is 0 Å². The fraction of sp³-hybridized carbons (Fsp3) is 0.333. The minimum absolute atomic E-state index is 0.752. The van der Waals surface area contributed by atoms with Gasteiger partial charge in [0, 0.05) is 35.7 Å². The maximum atomic E-state index is 5.02. The maximum absolute atomic E-state index is 5.02. The summed E-state index contributed by atoms with van der Waals surface area (Å²) in [6, 6.07) is 13.0. The quantitative estimate of drug-likeness (QED) is 0.543. The van der Waals surface area contributed by atoms with Crippen molar-refractivity contribution in [3.63, 3.8) is 0 Å². The Kier molecular flexibility index (Phi) is 7.10. The molecule has 0 atom stereocenters. The molecule has 5 heteroatoms. The molecule has 108 valence electrons. The molecule has 1 aromatic carbocycles.